The first-order valence-corrected chi connectivity index (χ1v) is 9.65. The minimum absolute atomic E-state index is 0.131. The lowest BCUT2D eigenvalue weighted by Gasteiger charge is -2.07. The number of aromatic amines is 1. The third-order valence-corrected chi connectivity index (χ3v) is 5.45. The maximum Gasteiger partial charge on any atom is 0.292 e. The van der Waals surface area contributed by atoms with Crippen molar-refractivity contribution >= 4 is 22.4 Å². The van der Waals surface area contributed by atoms with E-state index in [1.807, 2.05) is 13.0 Å². The summed E-state index contributed by atoms with van der Waals surface area (Å²) < 4.78 is 0. The summed E-state index contributed by atoms with van der Waals surface area (Å²) in [5.74, 6) is -0.477. The monoisotopic (exact) mass is 394 g/mol. The van der Waals surface area contributed by atoms with Crippen LogP contribution in [0, 0.1) is 0 Å². The van der Waals surface area contributed by atoms with Crippen molar-refractivity contribution in [1.29, 1.82) is 0 Å². The molecule has 4 aromatic rings. The number of H-pyrrole nitrogens is 1. The number of hydrogen-bond acceptors (Lipinski definition) is 4. The molecule has 0 bridgehead atoms. The van der Waals surface area contributed by atoms with Gasteiger partial charge in [0.25, 0.3) is 11.5 Å². The summed E-state index contributed by atoms with van der Waals surface area (Å²) in [6.45, 7) is 1.85. The Bertz CT molecular complexity index is 1400. The van der Waals surface area contributed by atoms with E-state index < -0.39 is 5.91 Å². The SMILES string of the molecule is C/C(=N/NC(=O)c1n[nH]c(=O)c2ccccc12)c1ccc2c(c1)Cc1ccccc1-2. The van der Waals surface area contributed by atoms with Crippen LogP contribution in [0.1, 0.15) is 34.1 Å². The first kappa shape index (κ1) is 18.0. The van der Waals surface area contributed by atoms with E-state index in [0.717, 1.165) is 12.0 Å². The van der Waals surface area contributed by atoms with Gasteiger partial charge in [-0.3, -0.25) is 9.59 Å². The molecule has 0 spiro atoms. The Morgan fingerprint density at radius 2 is 1.70 bits per heavy atom. The number of hydrazone groups is 1. The van der Waals surface area contributed by atoms with Crippen LogP contribution in [0.15, 0.2) is 76.6 Å². The summed E-state index contributed by atoms with van der Waals surface area (Å²) >= 11 is 0. The predicted octanol–water partition coefficient (Wildman–Crippen LogP) is 3.65. The molecule has 3 aromatic carbocycles. The minimum Gasteiger partial charge on any atom is -0.267 e. The standard InChI is InChI=1S/C24H18N4O2/c1-14(15-10-11-19-17(12-15)13-16-6-2-3-7-18(16)19)25-28-24(30)22-20-8-4-5-9-21(20)23(29)27-26-22/h2-12H,13H2,1H3,(H,27,29)(H,28,30)/b25-14-. The summed E-state index contributed by atoms with van der Waals surface area (Å²) in [4.78, 5) is 24.5. The van der Waals surface area contributed by atoms with Gasteiger partial charge in [0.2, 0.25) is 0 Å². The topological polar surface area (TPSA) is 87.2 Å². The van der Waals surface area contributed by atoms with Gasteiger partial charge in [-0.15, -0.1) is 0 Å². The van der Waals surface area contributed by atoms with Gasteiger partial charge in [-0.2, -0.15) is 10.2 Å². The third-order valence-electron chi connectivity index (χ3n) is 5.45. The average Bonchev–Trinajstić information content (AvgIpc) is 3.15. The van der Waals surface area contributed by atoms with E-state index in [-0.39, 0.29) is 11.3 Å². The van der Waals surface area contributed by atoms with Gasteiger partial charge >= 0.3 is 0 Å². The molecule has 0 saturated carbocycles. The van der Waals surface area contributed by atoms with Crippen LogP contribution in [-0.2, 0) is 6.42 Å². The van der Waals surface area contributed by atoms with Crippen LogP contribution < -0.4 is 11.0 Å². The Labute approximate surface area is 172 Å². The third kappa shape index (κ3) is 2.99. The molecule has 6 nitrogen and oxygen atoms in total. The number of nitrogens with one attached hydrogen (secondary N) is 2. The van der Waals surface area contributed by atoms with E-state index in [9.17, 15) is 9.59 Å². The second-order valence-electron chi connectivity index (χ2n) is 7.29. The quantitative estimate of drug-likeness (QED) is 0.362. The van der Waals surface area contributed by atoms with Crippen LogP contribution in [0.4, 0.5) is 0 Å². The molecule has 0 atom stereocenters. The number of rotatable bonds is 3. The van der Waals surface area contributed by atoms with Gasteiger partial charge in [0.15, 0.2) is 5.69 Å². The molecule has 0 unspecified atom stereocenters. The second kappa shape index (κ2) is 7.08. The van der Waals surface area contributed by atoms with Crippen molar-refractivity contribution in [3.63, 3.8) is 0 Å². The molecule has 146 valence electrons. The van der Waals surface area contributed by atoms with Gasteiger partial charge < -0.3 is 0 Å². The lowest BCUT2D eigenvalue weighted by atomic mass is 10.0. The highest BCUT2D eigenvalue weighted by molar-refractivity contribution is 6.06. The van der Waals surface area contributed by atoms with Gasteiger partial charge in [0, 0.05) is 5.39 Å². The van der Waals surface area contributed by atoms with Crippen molar-refractivity contribution in [2.45, 2.75) is 13.3 Å². The van der Waals surface area contributed by atoms with Gasteiger partial charge in [0.1, 0.15) is 0 Å². The average molecular weight is 394 g/mol. The van der Waals surface area contributed by atoms with Gasteiger partial charge in [-0.05, 0) is 53.3 Å². The van der Waals surface area contributed by atoms with E-state index in [4.69, 9.17) is 0 Å². The highest BCUT2D eigenvalue weighted by Crippen LogP contribution is 2.36. The van der Waals surface area contributed by atoms with E-state index in [0.29, 0.717) is 16.5 Å². The van der Waals surface area contributed by atoms with E-state index in [1.54, 1.807) is 24.3 Å². The smallest absolute Gasteiger partial charge is 0.267 e. The summed E-state index contributed by atoms with van der Waals surface area (Å²) in [6.07, 6.45) is 0.895. The van der Waals surface area contributed by atoms with E-state index >= 15 is 0 Å². The maximum atomic E-state index is 12.6. The second-order valence-corrected chi connectivity index (χ2v) is 7.29. The Balaban J connectivity index is 1.41. The summed E-state index contributed by atoms with van der Waals surface area (Å²) in [5.41, 5.74) is 9.09. The number of nitrogens with zero attached hydrogens (tertiary/aromatic N) is 2. The lowest BCUT2D eigenvalue weighted by molar-refractivity contribution is 0.0950. The zero-order chi connectivity index (χ0) is 20.7. The summed E-state index contributed by atoms with van der Waals surface area (Å²) in [5, 5.41) is 11.4. The largest absolute Gasteiger partial charge is 0.292 e. The highest BCUT2D eigenvalue weighted by Gasteiger charge is 2.18. The van der Waals surface area contributed by atoms with Crippen molar-refractivity contribution in [3.8, 4) is 11.1 Å². The van der Waals surface area contributed by atoms with E-state index in [1.165, 1.54) is 22.3 Å². The molecular weight excluding hydrogens is 376 g/mol. The van der Waals surface area contributed by atoms with Crippen molar-refractivity contribution in [1.82, 2.24) is 15.6 Å². The minimum atomic E-state index is -0.477. The molecule has 30 heavy (non-hydrogen) atoms. The molecule has 1 amide bonds. The lowest BCUT2D eigenvalue weighted by Crippen LogP contribution is -2.23. The Morgan fingerprint density at radius 3 is 2.57 bits per heavy atom. The molecule has 1 aliphatic carbocycles. The molecule has 0 aliphatic heterocycles. The Kier molecular flexibility index (Phi) is 4.25. The van der Waals surface area contributed by atoms with Gasteiger partial charge in [0.05, 0.1) is 11.1 Å². The molecule has 0 radical (unpaired) electrons. The molecule has 1 aromatic heterocycles. The molecule has 1 heterocycles. The van der Waals surface area contributed by atoms with Crippen LogP contribution in [0.25, 0.3) is 21.9 Å². The number of carbonyl (C=O) groups is 1. The molecule has 5 rings (SSSR count). The predicted molar refractivity (Wildman–Crippen MR) is 117 cm³/mol. The zero-order valence-corrected chi connectivity index (χ0v) is 16.3. The van der Waals surface area contributed by atoms with Crippen LogP contribution in [0.3, 0.4) is 0 Å². The van der Waals surface area contributed by atoms with Crippen LogP contribution >= 0.6 is 0 Å². The van der Waals surface area contributed by atoms with Gasteiger partial charge in [-0.1, -0.05) is 54.6 Å². The summed E-state index contributed by atoms with van der Waals surface area (Å²) in [6, 6.07) is 21.5. The van der Waals surface area contributed by atoms with E-state index in [2.05, 4.69) is 57.1 Å². The van der Waals surface area contributed by atoms with Crippen LogP contribution in [-0.4, -0.2) is 21.8 Å². The fraction of sp³-hybridized carbons (Fsp3) is 0.0833. The van der Waals surface area contributed by atoms with Crippen LogP contribution in [0.5, 0.6) is 0 Å². The number of amides is 1. The van der Waals surface area contributed by atoms with Crippen molar-refractivity contribution < 1.29 is 4.79 Å². The zero-order valence-electron chi connectivity index (χ0n) is 16.3. The number of aromatic nitrogens is 2. The van der Waals surface area contributed by atoms with Crippen LogP contribution in [0.2, 0.25) is 0 Å². The first-order valence-electron chi connectivity index (χ1n) is 9.65. The fourth-order valence-corrected chi connectivity index (χ4v) is 3.91. The number of carbonyl (C=O) groups excluding carboxylic acids is 1. The highest BCUT2D eigenvalue weighted by atomic mass is 16.2. The number of fused-ring (bicyclic) bond motifs is 4. The molecule has 0 fully saturated rings. The molecular formula is C24H18N4O2. The molecule has 0 saturated heterocycles. The normalized spacial score (nSPS) is 12.5. The Morgan fingerprint density at radius 1 is 0.967 bits per heavy atom. The van der Waals surface area contributed by atoms with Gasteiger partial charge in [-0.25, -0.2) is 10.5 Å². The number of hydrogen-bond donors (Lipinski definition) is 2. The van der Waals surface area contributed by atoms with Crippen molar-refractivity contribution in [2.24, 2.45) is 5.10 Å². The number of benzene rings is 3. The fourth-order valence-electron chi connectivity index (χ4n) is 3.91. The Hall–Kier alpha value is -4.06. The van der Waals surface area contributed by atoms with Crippen molar-refractivity contribution in [3.05, 3.63) is 99.5 Å². The maximum absolute atomic E-state index is 12.6. The van der Waals surface area contributed by atoms with Crippen molar-refractivity contribution in [2.75, 3.05) is 0 Å². The molecule has 6 heteroatoms. The summed E-state index contributed by atoms with van der Waals surface area (Å²) in [7, 11) is 0. The first-order chi connectivity index (χ1) is 14.6. The molecule has 1 aliphatic rings. The molecule has 2 N–H and O–H groups in total.